The minimum Gasteiger partial charge on any atom is -0.497 e. The molecular formula is C17H17Br2N3O2. The van der Waals surface area contributed by atoms with Crippen LogP contribution in [0.3, 0.4) is 0 Å². The largest absolute Gasteiger partial charge is 0.497 e. The number of carbonyl (C=O) groups is 1. The van der Waals surface area contributed by atoms with Crippen LogP contribution in [-0.4, -0.2) is 25.8 Å². The Morgan fingerprint density at radius 3 is 2.42 bits per heavy atom. The Hall–Kier alpha value is -1.86. The molecule has 0 saturated heterocycles. The summed E-state index contributed by atoms with van der Waals surface area (Å²) in [6.45, 7) is 2.13. The van der Waals surface area contributed by atoms with Crippen LogP contribution in [0.5, 0.6) is 5.75 Å². The molecule has 0 aliphatic carbocycles. The van der Waals surface area contributed by atoms with Crippen molar-refractivity contribution in [3.05, 3.63) is 56.5 Å². The van der Waals surface area contributed by atoms with Crippen molar-refractivity contribution in [2.75, 3.05) is 19.0 Å². The van der Waals surface area contributed by atoms with E-state index in [1.54, 1.807) is 13.3 Å². The highest BCUT2D eigenvalue weighted by molar-refractivity contribution is 9.11. The molecule has 0 atom stereocenters. The van der Waals surface area contributed by atoms with Crippen LogP contribution in [-0.2, 0) is 4.79 Å². The first kappa shape index (κ1) is 18.5. The van der Waals surface area contributed by atoms with Gasteiger partial charge in [-0.1, -0.05) is 31.9 Å². The minimum atomic E-state index is -0.229. The first-order valence-corrected chi connectivity index (χ1v) is 8.73. The predicted molar refractivity (Wildman–Crippen MR) is 104 cm³/mol. The fourth-order valence-electron chi connectivity index (χ4n) is 1.84. The number of rotatable bonds is 6. The summed E-state index contributed by atoms with van der Waals surface area (Å²) in [6, 6.07) is 11.2. The number of hydrogen-bond donors (Lipinski definition) is 2. The van der Waals surface area contributed by atoms with Crippen LogP contribution < -0.4 is 15.5 Å². The third kappa shape index (κ3) is 5.35. The van der Waals surface area contributed by atoms with Crippen LogP contribution in [0.1, 0.15) is 11.1 Å². The first-order chi connectivity index (χ1) is 11.5. The molecule has 0 spiro atoms. The van der Waals surface area contributed by atoms with E-state index in [1.807, 2.05) is 43.3 Å². The molecule has 0 aliphatic heterocycles. The Morgan fingerprint density at radius 1 is 1.21 bits per heavy atom. The monoisotopic (exact) mass is 453 g/mol. The molecule has 0 radical (unpaired) electrons. The van der Waals surface area contributed by atoms with Crippen molar-refractivity contribution in [1.29, 1.82) is 0 Å². The Labute approximate surface area is 157 Å². The van der Waals surface area contributed by atoms with Gasteiger partial charge >= 0.3 is 0 Å². The van der Waals surface area contributed by atoms with Crippen molar-refractivity contribution in [3.63, 3.8) is 0 Å². The topological polar surface area (TPSA) is 62.7 Å². The SMILES string of the molecule is COc1ccc(/C=N\NC(=O)CNc2cc(Br)c(C)c(Br)c2)cc1. The van der Waals surface area contributed by atoms with Gasteiger partial charge in [0, 0.05) is 14.6 Å². The standard InChI is InChI=1S/C17H17Br2N3O2/c1-11-15(18)7-13(8-16(11)19)20-10-17(23)22-21-9-12-3-5-14(24-2)6-4-12/h3-9,20H,10H2,1-2H3,(H,22,23)/b21-9-. The van der Waals surface area contributed by atoms with Gasteiger partial charge in [0.2, 0.25) is 0 Å². The molecule has 5 nitrogen and oxygen atoms in total. The van der Waals surface area contributed by atoms with Crippen LogP contribution >= 0.6 is 31.9 Å². The molecule has 24 heavy (non-hydrogen) atoms. The van der Waals surface area contributed by atoms with Crippen molar-refractivity contribution < 1.29 is 9.53 Å². The van der Waals surface area contributed by atoms with Crippen molar-refractivity contribution in [2.24, 2.45) is 5.10 Å². The van der Waals surface area contributed by atoms with Gasteiger partial charge in [-0.15, -0.1) is 0 Å². The Kier molecular flexibility index (Phi) is 6.81. The molecule has 0 saturated carbocycles. The van der Waals surface area contributed by atoms with Crippen molar-refractivity contribution in [3.8, 4) is 5.75 Å². The van der Waals surface area contributed by atoms with Gasteiger partial charge in [0.15, 0.2) is 0 Å². The zero-order chi connectivity index (χ0) is 17.5. The van der Waals surface area contributed by atoms with E-state index in [0.29, 0.717) is 0 Å². The van der Waals surface area contributed by atoms with E-state index < -0.39 is 0 Å². The first-order valence-electron chi connectivity index (χ1n) is 7.15. The highest BCUT2D eigenvalue weighted by atomic mass is 79.9. The fraction of sp³-hybridized carbons (Fsp3) is 0.176. The maximum Gasteiger partial charge on any atom is 0.259 e. The van der Waals surface area contributed by atoms with Gasteiger partial charge in [0.05, 0.1) is 19.9 Å². The molecule has 2 aromatic carbocycles. The summed E-state index contributed by atoms with van der Waals surface area (Å²) >= 11 is 6.96. The Bertz CT molecular complexity index is 723. The summed E-state index contributed by atoms with van der Waals surface area (Å²) in [6.07, 6.45) is 1.58. The second-order valence-electron chi connectivity index (χ2n) is 4.98. The van der Waals surface area contributed by atoms with Crippen molar-refractivity contribution >= 4 is 49.7 Å². The normalized spacial score (nSPS) is 10.7. The van der Waals surface area contributed by atoms with Crippen LogP contribution in [0.25, 0.3) is 0 Å². The molecule has 2 rings (SSSR count). The summed E-state index contributed by atoms with van der Waals surface area (Å²) < 4.78 is 7.02. The van der Waals surface area contributed by atoms with E-state index >= 15 is 0 Å². The summed E-state index contributed by atoms with van der Waals surface area (Å²) in [7, 11) is 1.61. The van der Waals surface area contributed by atoms with Gasteiger partial charge in [0.1, 0.15) is 5.75 Å². The second kappa shape index (κ2) is 8.84. The van der Waals surface area contributed by atoms with Crippen LogP contribution in [0.2, 0.25) is 0 Å². The van der Waals surface area contributed by atoms with E-state index in [-0.39, 0.29) is 12.5 Å². The van der Waals surface area contributed by atoms with Crippen LogP contribution in [0.4, 0.5) is 5.69 Å². The number of ether oxygens (including phenoxy) is 1. The van der Waals surface area contributed by atoms with E-state index in [2.05, 4.69) is 47.7 Å². The molecule has 2 N–H and O–H groups in total. The molecule has 2 aromatic rings. The van der Waals surface area contributed by atoms with Crippen LogP contribution in [0.15, 0.2) is 50.4 Å². The molecule has 7 heteroatoms. The Balaban J connectivity index is 1.83. The van der Waals surface area contributed by atoms with E-state index in [9.17, 15) is 4.79 Å². The second-order valence-corrected chi connectivity index (χ2v) is 6.69. The van der Waals surface area contributed by atoms with Crippen molar-refractivity contribution in [1.82, 2.24) is 5.43 Å². The quantitative estimate of drug-likeness (QED) is 0.510. The van der Waals surface area contributed by atoms with Gasteiger partial charge < -0.3 is 10.1 Å². The predicted octanol–water partition coefficient (Wildman–Crippen LogP) is 4.09. The van der Waals surface area contributed by atoms with Crippen LogP contribution in [0, 0.1) is 6.92 Å². The summed E-state index contributed by atoms with van der Waals surface area (Å²) in [5.41, 5.74) is 5.30. The molecule has 0 aromatic heterocycles. The van der Waals surface area contributed by atoms with Crippen molar-refractivity contribution in [2.45, 2.75) is 6.92 Å². The maximum atomic E-state index is 11.8. The lowest BCUT2D eigenvalue weighted by Gasteiger charge is -2.09. The molecule has 0 aliphatic rings. The number of hydrazone groups is 1. The summed E-state index contributed by atoms with van der Waals surface area (Å²) in [5.74, 6) is 0.545. The molecule has 0 unspecified atom stereocenters. The molecule has 126 valence electrons. The average Bonchev–Trinajstić information content (AvgIpc) is 2.58. The number of nitrogens with one attached hydrogen (secondary N) is 2. The Morgan fingerprint density at radius 2 is 1.83 bits per heavy atom. The smallest absolute Gasteiger partial charge is 0.259 e. The molecule has 0 bridgehead atoms. The number of anilines is 1. The van der Waals surface area contributed by atoms with E-state index in [4.69, 9.17) is 4.74 Å². The average molecular weight is 455 g/mol. The lowest BCUT2D eigenvalue weighted by atomic mass is 10.2. The highest BCUT2D eigenvalue weighted by Gasteiger charge is 2.05. The third-order valence-corrected chi connectivity index (χ3v) is 4.90. The van der Waals surface area contributed by atoms with Gasteiger partial charge in [-0.05, 0) is 54.4 Å². The summed E-state index contributed by atoms with van der Waals surface area (Å²) in [5, 5.41) is 6.99. The molecule has 0 heterocycles. The van der Waals surface area contributed by atoms with Gasteiger partial charge in [-0.2, -0.15) is 5.10 Å². The zero-order valence-electron chi connectivity index (χ0n) is 13.3. The van der Waals surface area contributed by atoms with E-state index in [0.717, 1.165) is 31.5 Å². The molecule has 1 amide bonds. The number of amides is 1. The number of methoxy groups -OCH3 is 1. The van der Waals surface area contributed by atoms with Gasteiger partial charge in [0.25, 0.3) is 5.91 Å². The molecule has 0 fully saturated rings. The van der Waals surface area contributed by atoms with E-state index in [1.165, 1.54) is 0 Å². The zero-order valence-corrected chi connectivity index (χ0v) is 16.4. The summed E-state index contributed by atoms with van der Waals surface area (Å²) in [4.78, 5) is 11.8. The number of hydrogen-bond acceptors (Lipinski definition) is 4. The number of halogens is 2. The number of nitrogens with zero attached hydrogens (tertiary/aromatic N) is 1. The molecular weight excluding hydrogens is 438 g/mol. The minimum absolute atomic E-state index is 0.127. The third-order valence-electron chi connectivity index (χ3n) is 3.25. The lowest BCUT2D eigenvalue weighted by molar-refractivity contribution is -0.119. The fourth-order valence-corrected chi connectivity index (χ4v) is 3.02. The lowest BCUT2D eigenvalue weighted by Crippen LogP contribution is -2.25. The number of benzene rings is 2. The van der Waals surface area contributed by atoms with Gasteiger partial charge in [-0.25, -0.2) is 5.43 Å². The highest BCUT2D eigenvalue weighted by Crippen LogP contribution is 2.28. The number of carbonyl (C=O) groups excluding carboxylic acids is 1. The maximum absolute atomic E-state index is 11.8. The van der Waals surface area contributed by atoms with Gasteiger partial charge in [-0.3, -0.25) is 4.79 Å².